The minimum atomic E-state index is -3.31. The average molecular weight is 639 g/mol. The molecule has 0 aliphatic carbocycles. The van der Waals surface area contributed by atoms with Crippen LogP contribution in [0.3, 0.4) is 0 Å². The van der Waals surface area contributed by atoms with Gasteiger partial charge in [0, 0.05) is 18.9 Å². The number of carbonyl (C=O) groups excluding carboxylic acids is 4. The first-order valence-electron chi connectivity index (χ1n) is 13.6. The summed E-state index contributed by atoms with van der Waals surface area (Å²) in [5.74, 6) is -7.13. The number of nitrogens with zero attached hydrogens (tertiary/aromatic N) is 1. The van der Waals surface area contributed by atoms with Crippen molar-refractivity contribution in [2.24, 2.45) is 5.73 Å². The van der Waals surface area contributed by atoms with Gasteiger partial charge in [-0.15, -0.1) is 0 Å². The molecule has 238 valence electrons. The highest BCUT2D eigenvalue weighted by atomic mass is 35.5. The number of nitrogens with one attached hydrogen (secondary N) is 2. The molecule has 5 N–H and O–H groups in total. The molecule has 2 aliphatic heterocycles. The fraction of sp³-hybridized carbons (Fsp3) is 0.414. The first-order valence-corrected chi connectivity index (χ1v) is 13.9. The third-order valence-corrected chi connectivity index (χ3v) is 6.93. The van der Waals surface area contributed by atoms with Gasteiger partial charge in [-0.1, -0.05) is 41.9 Å². The zero-order valence-corrected chi connectivity index (χ0v) is 24.7. The fourth-order valence-electron chi connectivity index (χ4n) is 4.46. The molecule has 4 rings (SSSR count). The predicted octanol–water partition coefficient (Wildman–Crippen LogP) is 2.58. The summed E-state index contributed by atoms with van der Waals surface area (Å²) in [5.41, 5.74) is 7.23. The summed E-state index contributed by atoms with van der Waals surface area (Å²) in [7, 11) is 0. The summed E-state index contributed by atoms with van der Waals surface area (Å²) in [6.07, 6.45) is -0.511. The SMILES string of the molecule is CC(=O)Nc1ccc(C(=O)NC(C)C(=O)N2CC(F)(F)CC2C(=O)O)cc1Cl.NC1CC(=O)OC1OCCc1ccccc1. The van der Waals surface area contributed by atoms with E-state index in [0.29, 0.717) is 17.2 Å². The van der Waals surface area contributed by atoms with E-state index in [9.17, 15) is 32.8 Å². The average Bonchev–Trinajstić information content (AvgIpc) is 3.46. The Labute approximate surface area is 256 Å². The number of likely N-dealkylation sites (tertiary alicyclic amines) is 1. The molecule has 0 bridgehead atoms. The Kier molecular flexibility index (Phi) is 11.7. The van der Waals surface area contributed by atoms with Gasteiger partial charge in [0.05, 0.1) is 36.3 Å². The van der Waals surface area contributed by atoms with Crippen LogP contribution >= 0.6 is 11.6 Å². The van der Waals surface area contributed by atoms with Crippen molar-refractivity contribution < 1.29 is 47.3 Å². The monoisotopic (exact) mass is 638 g/mol. The lowest BCUT2D eigenvalue weighted by atomic mass is 10.1. The van der Waals surface area contributed by atoms with E-state index in [0.717, 1.165) is 6.42 Å². The smallest absolute Gasteiger partial charge is 0.326 e. The third kappa shape index (κ3) is 9.69. The largest absolute Gasteiger partial charge is 0.480 e. The number of rotatable bonds is 9. The van der Waals surface area contributed by atoms with Crippen LogP contribution in [0.4, 0.5) is 14.5 Å². The quantitative estimate of drug-likeness (QED) is 0.301. The van der Waals surface area contributed by atoms with Crippen LogP contribution in [-0.4, -0.2) is 83.2 Å². The maximum atomic E-state index is 13.5. The second kappa shape index (κ2) is 15.0. The minimum Gasteiger partial charge on any atom is -0.480 e. The Bertz CT molecular complexity index is 1380. The van der Waals surface area contributed by atoms with Crippen molar-refractivity contribution in [3.8, 4) is 0 Å². The number of carboxylic acid groups (broad SMARTS) is 1. The van der Waals surface area contributed by atoms with Crippen molar-refractivity contribution in [3.05, 3.63) is 64.7 Å². The van der Waals surface area contributed by atoms with Gasteiger partial charge in [0.2, 0.25) is 18.1 Å². The van der Waals surface area contributed by atoms with Gasteiger partial charge in [-0.05, 0) is 37.1 Å². The van der Waals surface area contributed by atoms with Gasteiger partial charge in [0.15, 0.2) is 0 Å². The van der Waals surface area contributed by atoms with Crippen LogP contribution in [0.25, 0.3) is 0 Å². The molecular weight excluding hydrogens is 606 g/mol. The highest BCUT2D eigenvalue weighted by Gasteiger charge is 2.50. The predicted molar refractivity (Wildman–Crippen MR) is 154 cm³/mol. The van der Waals surface area contributed by atoms with Crippen molar-refractivity contribution >= 4 is 46.9 Å². The van der Waals surface area contributed by atoms with Gasteiger partial charge in [0.25, 0.3) is 11.8 Å². The van der Waals surface area contributed by atoms with Crippen LogP contribution in [0.1, 0.15) is 42.6 Å². The first-order chi connectivity index (χ1) is 20.7. The lowest BCUT2D eigenvalue weighted by Gasteiger charge is -2.25. The zero-order valence-electron chi connectivity index (χ0n) is 23.9. The summed E-state index contributed by atoms with van der Waals surface area (Å²) in [6.45, 7) is 2.04. The Balaban J connectivity index is 0.000000278. The number of carbonyl (C=O) groups is 5. The molecule has 0 saturated carbocycles. The van der Waals surface area contributed by atoms with Crippen molar-refractivity contribution in [1.82, 2.24) is 10.2 Å². The maximum absolute atomic E-state index is 13.5. The molecule has 2 heterocycles. The second-order valence-electron chi connectivity index (χ2n) is 10.3. The van der Waals surface area contributed by atoms with Crippen molar-refractivity contribution in [1.29, 1.82) is 0 Å². The molecule has 0 spiro atoms. The molecule has 44 heavy (non-hydrogen) atoms. The molecule has 4 unspecified atom stereocenters. The summed E-state index contributed by atoms with van der Waals surface area (Å²) in [6, 6.07) is 10.8. The van der Waals surface area contributed by atoms with Crippen LogP contribution in [0.5, 0.6) is 0 Å². The molecule has 15 heteroatoms. The van der Waals surface area contributed by atoms with E-state index in [2.05, 4.69) is 10.6 Å². The van der Waals surface area contributed by atoms with E-state index >= 15 is 0 Å². The molecule has 2 aromatic carbocycles. The normalized spacial score (nSPS) is 21.0. The fourth-order valence-corrected chi connectivity index (χ4v) is 4.68. The molecule has 12 nitrogen and oxygen atoms in total. The number of benzene rings is 2. The van der Waals surface area contributed by atoms with Gasteiger partial charge in [-0.25, -0.2) is 13.6 Å². The molecule has 2 aliphatic rings. The number of amides is 3. The first kappa shape index (κ1) is 34.4. The van der Waals surface area contributed by atoms with Crippen molar-refractivity contribution in [2.45, 2.75) is 63.4 Å². The lowest BCUT2D eigenvalue weighted by Crippen LogP contribution is -2.50. The topological polar surface area (TPSA) is 177 Å². The Morgan fingerprint density at radius 3 is 2.45 bits per heavy atom. The number of anilines is 1. The van der Waals surface area contributed by atoms with E-state index in [1.165, 1.54) is 37.6 Å². The number of alkyl halides is 2. The number of halogens is 3. The van der Waals surface area contributed by atoms with Gasteiger partial charge in [0.1, 0.15) is 12.1 Å². The minimum absolute atomic E-state index is 0.0697. The lowest BCUT2D eigenvalue weighted by molar-refractivity contribution is -0.163. The molecule has 2 aromatic rings. The van der Waals surface area contributed by atoms with Crippen LogP contribution in [0.15, 0.2) is 48.5 Å². The van der Waals surface area contributed by atoms with E-state index in [4.69, 9.17) is 31.9 Å². The van der Waals surface area contributed by atoms with Gasteiger partial charge in [-0.3, -0.25) is 19.2 Å². The Morgan fingerprint density at radius 2 is 1.89 bits per heavy atom. The highest BCUT2D eigenvalue weighted by Crippen LogP contribution is 2.32. The van der Waals surface area contributed by atoms with E-state index < -0.39 is 55.0 Å². The van der Waals surface area contributed by atoms with E-state index in [1.807, 2.05) is 30.3 Å². The van der Waals surface area contributed by atoms with Crippen molar-refractivity contribution in [3.63, 3.8) is 0 Å². The number of aliphatic carboxylic acids is 1. The second-order valence-corrected chi connectivity index (χ2v) is 10.7. The van der Waals surface area contributed by atoms with Gasteiger partial charge < -0.3 is 35.8 Å². The molecule has 0 aromatic heterocycles. The van der Waals surface area contributed by atoms with E-state index in [1.54, 1.807) is 0 Å². The number of ether oxygens (including phenoxy) is 2. The summed E-state index contributed by atoms with van der Waals surface area (Å²) in [4.78, 5) is 58.4. The van der Waals surface area contributed by atoms with Crippen LogP contribution < -0.4 is 16.4 Å². The van der Waals surface area contributed by atoms with E-state index in [-0.39, 0.29) is 34.9 Å². The van der Waals surface area contributed by atoms with Crippen LogP contribution in [0, 0.1) is 0 Å². The summed E-state index contributed by atoms with van der Waals surface area (Å²) in [5, 5.41) is 14.0. The summed E-state index contributed by atoms with van der Waals surface area (Å²) >= 11 is 5.99. The highest BCUT2D eigenvalue weighted by molar-refractivity contribution is 6.34. The van der Waals surface area contributed by atoms with Crippen LogP contribution in [-0.2, 0) is 35.1 Å². The zero-order chi connectivity index (χ0) is 32.6. The Morgan fingerprint density at radius 1 is 1.20 bits per heavy atom. The molecule has 2 saturated heterocycles. The number of cyclic esters (lactones) is 1. The molecular formula is C29H33ClF2N4O8. The third-order valence-electron chi connectivity index (χ3n) is 6.61. The summed E-state index contributed by atoms with van der Waals surface area (Å²) < 4.78 is 37.4. The maximum Gasteiger partial charge on any atom is 0.326 e. The van der Waals surface area contributed by atoms with Gasteiger partial charge >= 0.3 is 11.9 Å². The Hall–Kier alpha value is -4.14. The number of esters is 1. The molecule has 3 amide bonds. The van der Waals surface area contributed by atoms with Crippen molar-refractivity contribution in [2.75, 3.05) is 18.5 Å². The molecule has 0 radical (unpaired) electrons. The number of hydrogen-bond acceptors (Lipinski definition) is 8. The number of nitrogens with two attached hydrogens (primary N) is 1. The van der Waals surface area contributed by atoms with Crippen LogP contribution in [0.2, 0.25) is 5.02 Å². The number of carboxylic acids is 1. The number of hydrogen-bond donors (Lipinski definition) is 4. The van der Waals surface area contributed by atoms with Gasteiger partial charge in [-0.2, -0.15) is 0 Å². The standard InChI is InChI=1S/C17H18ClF2N3O5.C12H15NO3/c1-8(15(26)23-7-17(19,20)6-13(23)16(27)28)21-14(25)10-3-4-12(11(18)5-10)22-9(2)24;13-10-8-11(14)16-12(10)15-7-6-9-4-2-1-3-5-9/h3-5,8,13H,6-7H2,1-2H3,(H,21,25)(H,22,24)(H,27,28);1-5,10,12H,6-8,13H2. The molecule has 4 atom stereocenters. The molecule has 2 fully saturated rings.